The number of nitrogens with zero attached hydrogens (tertiary/aromatic N) is 1. The maximum atomic E-state index is 13.6. The first-order valence-electron chi connectivity index (χ1n) is 12.4. The number of carbonyl (C=O) groups is 3. The van der Waals surface area contributed by atoms with E-state index in [9.17, 15) is 14.4 Å². The average Bonchev–Trinajstić information content (AvgIpc) is 3.22. The normalized spacial score (nSPS) is 16.6. The molecule has 1 saturated heterocycles. The molecule has 8 nitrogen and oxygen atoms in total. The van der Waals surface area contributed by atoms with Gasteiger partial charge in [0, 0.05) is 21.8 Å². The molecular formula is C29H30IN3O5. The Balaban J connectivity index is 1.57. The van der Waals surface area contributed by atoms with Crippen molar-refractivity contribution in [2.75, 3.05) is 25.1 Å². The Labute approximate surface area is 235 Å². The van der Waals surface area contributed by atoms with Gasteiger partial charge in [0.2, 0.25) is 5.91 Å². The Morgan fingerprint density at radius 2 is 1.68 bits per heavy atom. The Kier molecular flexibility index (Phi) is 9.35. The van der Waals surface area contributed by atoms with Crippen LogP contribution in [0.1, 0.15) is 36.9 Å². The largest absolute Gasteiger partial charge is 0.491 e. The molecule has 0 bridgehead atoms. The molecule has 0 spiro atoms. The zero-order chi connectivity index (χ0) is 27.1. The van der Waals surface area contributed by atoms with Crippen LogP contribution >= 0.6 is 22.6 Å². The third kappa shape index (κ3) is 6.51. The number of urea groups is 1. The molecule has 38 heavy (non-hydrogen) atoms. The van der Waals surface area contributed by atoms with Crippen molar-refractivity contribution in [2.45, 2.75) is 31.8 Å². The van der Waals surface area contributed by atoms with E-state index in [-0.39, 0.29) is 0 Å². The Hall–Kier alpha value is -3.44. The fourth-order valence-electron chi connectivity index (χ4n) is 4.36. The van der Waals surface area contributed by atoms with Gasteiger partial charge < -0.3 is 20.1 Å². The molecule has 2 unspecified atom stereocenters. The summed E-state index contributed by atoms with van der Waals surface area (Å²) in [5, 5.41) is 5.64. The number of anilines is 1. The topological polar surface area (TPSA) is 97.0 Å². The van der Waals surface area contributed by atoms with Gasteiger partial charge in [0.05, 0.1) is 6.61 Å². The van der Waals surface area contributed by atoms with Gasteiger partial charge in [-0.2, -0.15) is 0 Å². The first-order chi connectivity index (χ1) is 18.4. The maximum Gasteiger partial charge on any atom is 0.325 e. The van der Waals surface area contributed by atoms with Gasteiger partial charge in [0.25, 0.3) is 5.91 Å². The Morgan fingerprint density at radius 3 is 2.34 bits per heavy atom. The molecule has 1 aliphatic rings. The third-order valence-electron chi connectivity index (χ3n) is 6.34. The van der Waals surface area contributed by atoms with E-state index in [1.54, 1.807) is 36.4 Å². The fourth-order valence-corrected chi connectivity index (χ4v) is 4.72. The highest BCUT2D eigenvalue weighted by Gasteiger charge is 2.47. The van der Waals surface area contributed by atoms with Crippen LogP contribution < -0.4 is 15.4 Å². The number of benzene rings is 3. The minimum atomic E-state index is -1.06. The number of amides is 4. The molecule has 1 fully saturated rings. The number of hydrogen-bond donors (Lipinski definition) is 2. The van der Waals surface area contributed by atoms with Gasteiger partial charge in [-0.25, -0.2) is 9.69 Å². The van der Waals surface area contributed by atoms with Crippen LogP contribution in [-0.4, -0.2) is 48.6 Å². The molecular weight excluding hydrogens is 597 g/mol. The van der Waals surface area contributed by atoms with Gasteiger partial charge in [0.1, 0.15) is 24.4 Å². The van der Waals surface area contributed by atoms with E-state index in [1.807, 2.05) is 56.3 Å². The smallest absolute Gasteiger partial charge is 0.325 e. The second-order valence-electron chi connectivity index (χ2n) is 8.85. The molecule has 2 N–H and O–H groups in total. The molecule has 198 valence electrons. The second-order valence-corrected chi connectivity index (χ2v) is 10.1. The number of ether oxygens (including phenoxy) is 2. The Bertz CT molecular complexity index is 1250. The standard InChI is InChI=1S/C29H30IN3O5/c1-3-37-17-18-38-24-15-9-21(10-16-24)25-28(35)33(29(36)32-25)26(19(2)20-7-5-4-6-8-20)27(34)31-23-13-11-22(30)12-14-23/h4-16,19,25-26H,3,17-18H2,1-2H3,(H,31,34)(H,32,36)/t19-,25?,26?/m0/s1. The number of hydrogen-bond acceptors (Lipinski definition) is 5. The first kappa shape index (κ1) is 27.6. The summed E-state index contributed by atoms with van der Waals surface area (Å²) < 4.78 is 12.0. The quantitative estimate of drug-likeness (QED) is 0.175. The average molecular weight is 627 g/mol. The molecule has 0 aliphatic carbocycles. The summed E-state index contributed by atoms with van der Waals surface area (Å²) in [4.78, 5) is 41.5. The molecule has 1 heterocycles. The van der Waals surface area contributed by atoms with E-state index in [0.29, 0.717) is 36.8 Å². The van der Waals surface area contributed by atoms with Gasteiger partial charge in [0.15, 0.2) is 0 Å². The van der Waals surface area contributed by atoms with Gasteiger partial charge in [-0.15, -0.1) is 0 Å². The summed E-state index contributed by atoms with van der Waals surface area (Å²) in [7, 11) is 0. The number of halogens is 1. The zero-order valence-electron chi connectivity index (χ0n) is 21.2. The van der Waals surface area contributed by atoms with Crippen LogP contribution in [0.4, 0.5) is 10.5 Å². The summed E-state index contributed by atoms with van der Waals surface area (Å²) in [6, 6.07) is 21.1. The molecule has 3 atom stereocenters. The van der Waals surface area contributed by atoms with Crippen molar-refractivity contribution in [3.05, 3.63) is 93.6 Å². The minimum absolute atomic E-state index is 0.411. The molecule has 4 rings (SSSR count). The molecule has 0 aromatic heterocycles. The van der Waals surface area contributed by atoms with Crippen LogP contribution in [-0.2, 0) is 14.3 Å². The van der Waals surface area contributed by atoms with E-state index >= 15 is 0 Å². The second kappa shape index (κ2) is 12.9. The van der Waals surface area contributed by atoms with Gasteiger partial charge in [-0.05, 0) is 77.0 Å². The molecule has 1 aliphatic heterocycles. The van der Waals surface area contributed by atoms with Crippen molar-refractivity contribution in [3.63, 3.8) is 0 Å². The highest BCUT2D eigenvalue weighted by molar-refractivity contribution is 14.1. The summed E-state index contributed by atoms with van der Waals surface area (Å²) in [5.41, 5.74) is 2.03. The lowest BCUT2D eigenvalue weighted by Crippen LogP contribution is -2.50. The summed E-state index contributed by atoms with van der Waals surface area (Å²) in [5.74, 6) is -0.737. The van der Waals surface area contributed by atoms with Crippen molar-refractivity contribution >= 4 is 46.1 Å². The van der Waals surface area contributed by atoms with E-state index < -0.39 is 35.8 Å². The highest BCUT2D eigenvalue weighted by Crippen LogP contribution is 2.31. The molecule has 3 aromatic carbocycles. The van der Waals surface area contributed by atoms with Crippen LogP contribution in [0, 0.1) is 3.57 Å². The molecule has 0 saturated carbocycles. The van der Waals surface area contributed by atoms with E-state index in [4.69, 9.17) is 9.47 Å². The van der Waals surface area contributed by atoms with Crippen LogP contribution in [0.3, 0.4) is 0 Å². The lowest BCUT2D eigenvalue weighted by atomic mass is 9.91. The molecule has 0 radical (unpaired) electrons. The van der Waals surface area contributed by atoms with Crippen molar-refractivity contribution in [2.24, 2.45) is 0 Å². The summed E-state index contributed by atoms with van der Waals surface area (Å²) in [6.45, 7) is 5.27. The maximum absolute atomic E-state index is 13.6. The molecule has 9 heteroatoms. The molecule has 4 amide bonds. The van der Waals surface area contributed by atoms with Crippen LogP contribution in [0.15, 0.2) is 78.9 Å². The lowest BCUT2D eigenvalue weighted by molar-refractivity contribution is -0.134. The summed E-state index contributed by atoms with van der Waals surface area (Å²) in [6.07, 6.45) is 0. The van der Waals surface area contributed by atoms with Crippen molar-refractivity contribution in [3.8, 4) is 5.75 Å². The van der Waals surface area contributed by atoms with Crippen LogP contribution in [0.25, 0.3) is 0 Å². The fraction of sp³-hybridized carbons (Fsp3) is 0.276. The van der Waals surface area contributed by atoms with Gasteiger partial charge in [-0.3, -0.25) is 9.59 Å². The number of rotatable bonds is 11. The minimum Gasteiger partial charge on any atom is -0.491 e. The monoisotopic (exact) mass is 627 g/mol. The predicted octanol–water partition coefficient (Wildman–Crippen LogP) is 5.11. The SMILES string of the molecule is CCOCCOc1ccc(C2NC(=O)N(C(C(=O)Nc3ccc(I)cc3)[C@@H](C)c3ccccc3)C2=O)cc1. The number of imide groups is 1. The predicted molar refractivity (Wildman–Crippen MR) is 153 cm³/mol. The first-order valence-corrected chi connectivity index (χ1v) is 13.5. The molecule has 3 aromatic rings. The zero-order valence-corrected chi connectivity index (χ0v) is 23.4. The van der Waals surface area contributed by atoms with Crippen molar-refractivity contribution in [1.82, 2.24) is 10.2 Å². The van der Waals surface area contributed by atoms with Crippen molar-refractivity contribution < 1.29 is 23.9 Å². The van der Waals surface area contributed by atoms with Crippen LogP contribution in [0.5, 0.6) is 5.75 Å². The summed E-state index contributed by atoms with van der Waals surface area (Å²) >= 11 is 2.19. The van der Waals surface area contributed by atoms with E-state index in [2.05, 4.69) is 33.2 Å². The van der Waals surface area contributed by atoms with E-state index in [1.165, 1.54) is 0 Å². The van der Waals surface area contributed by atoms with E-state index in [0.717, 1.165) is 14.0 Å². The van der Waals surface area contributed by atoms with Gasteiger partial charge >= 0.3 is 6.03 Å². The van der Waals surface area contributed by atoms with Crippen molar-refractivity contribution in [1.29, 1.82) is 0 Å². The van der Waals surface area contributed by atoms with Crippen LogP contribution in [0.2, 0.25) is 0 Å². The highest BCUT2D eigenvalue weighted by atomic mass is 127. The van der Waals surface area contributed by atoms with Gasteiger partial charge in [-0.1, -0.05) is 49.4 Å². The third-order valence-corrected chi connectivity index (χ3v) is 7.06. The lowest BCUT2D eigenvalue weighted by Gasteiger charge is -2.30. The Morgan fingerprint density at radius 1 is 1.00 bits per heavy atom. The number of nitrogens with one attached hydrogen (secondary N) is 2. The number of carbonyl (C=O) groups excluding carboxylic acids is 3.